The highest BCUT2D eigenvalue weighted by Crippen LogP contribution is 2.19. The van der Waals surface area contributed by atoms with Gasteiger partial charge in [-0.1, -0.05) is 34.1 Å². The van der Waals surface area contributed by atoms with Gasteiger partial charge in [-0.3, -0.25) is 4.79 Å². The average molecular weight is 185 g/mol. The zero-order valence-corrected chi connectivity index (χ0v) is 9.44. The molecule has 0 atom stereocenters. The molecule has 13 heavy (non-hydrogen) atoms. The maximum absolute atomic E-state index is 11.3. The number of rotatable bonds is 5. The van der Waals surface area contributed by atoms with Crippen LogP contribution in [0.3, 0.4) is 0 Å². The number of hydrogen-bond acceptors (Lipinski definition) is 1. The van der Waals surface area contributed by atoms with Crippen LogP contribution < -0.4 is 5.32 Å². The molecule has 1 N–H and O–H groups in total. The molecule has 0 rings (SSSR count). The predicted octanol–water partition coefficient (Wildman–Crippen LogP) is 2.73. The summed E-state index contributed by atoms with van der Waals surface area (Å²) < 4.78 is 0. The fourth-order valence-electron chi connectivity index (χ4n) is 0.982. The van der Waals surface area contributed by atoms with Gasteiger partial charge in [-0.2, -0.15) is 0 Å². The number of nitrogens with one attached hydrogen (secondary N) is 1. The van der Waals surface area contributed by atoms with Gasteiger partial charge in [0.15, 0.2) is 0 Å². The monoisotopic (exact) mass is 185 g/mol. The van der Waals surface area contributed by atoms with E-state index in [0.29, 0.717) is 6.42 Å². The van der Waals surface area contributed by atoms with Gasteiger partial charge >= 0.3 is 0 Å². The second-order valence-corrected chi connectivity index (χ2v) is 4.76. The molecule has 1 amide bonds. The molecule has 0 unspecified atom stereocenters. The van der Waals surface area contributed by atoms with Crippen molar-refractivity contribution in [2.45, 2.75) is 53.4 Å². The smallest absolute Gasteiger partial charge is 0.220 e. The van der Waals surface area contributed by atoms with E-state index in [0.717, 1.165) is 25.8 Å². The molecule has 0 aromatic heterocycles. The van der Waals surface area contributed by atoms with Crippen LogP contribution in [0, 0.1) is 5.41 Å². The fourth-order valence-corrected chi connectivity index (χ4v) is 0.982. The number of unbranched alkanes of at least 4 members (excludes halogenated alkanes) is 1. The Bertz CT molecular complexity index is 147. The van der Waals surface area contributed by atoms with Gasteiger partial charge in [-0.05, 0) is 18.3 Å². The first-order valence-electron chi connectivity index (χ1n) is 5.22. The molecular weight excluding hydrogens is 162 g/mol. The molecular formula is C11H23NO. The highest BCUT2D eigenvalue weighted by Gasteiger charge is 2.12. The molecule has 0 fully saturated rings. The van der Waals surface area contributed by atoms with E-state index >= 15 is 0 Å². The summed E-state index contributed by atoms with van der Waals surface area (Å²) in [7, 11) is 0. The van der Waals surface area contributed by atoms with E-state index < -0.39 is 0 Å². The van der Waals surface area contributed by atoms with Gasteiger partial charge < -0.3 is 5.32 Å². The van der Waals surface area contributed by atoms with Crippen molar-refractivity contribution < 1.29 is 4.79 Å². The van der Waals surface area contributed by atoms with Crippen molar-refractivity contribution >= 4 is 5.91 Å². The van der Waals surface area contributed by atoms with Gasteiger partial charge in [-0.25, -0.2) is 0 Å². The lowest BCUT2D eigenvalue weighted by molar-refractivity contribution is -0.121. The molecule has 0 aliphatic carbocycles. The minimum Gasteiger partial charge on any atom is -0.356 e. The van der Waals surface area contributed by atoms with E-state index in [-0.39, 0.29) is 11.3 Å². The highest BCUT2D eigenvalue weighted by molar-refractivity contribution is 5.75. The van der Waals surface area contributed by atoms with Crippen LogP contribution in [0.15, 0.2) is 0 Å². The largest absolute Gasteiger partial charge is 0.356 e. The maximum atomic E-state index is 11.3. The second kappa shape index (κ2) is 6.01. The van der Waals surface area contributed by atoms with E-state index in [1.54, 1.807) is 0 Å². The summed E-state index contributed by atoms with van der Waals surface area (Å²) in [5, 5.41) is 2.92. The minimum absolute atomic E-state index is 0.198. The van der Waals surface area contributed by atoms with Crippen molar-refractivity contribution in [2.75, 3.05) is 6.54 Å². The summed E-state index contributed by atoms with van der Waals surface area (Å²) in [6, 6.07) is 0. The van der Waals surface area contributed by atoms with Gasteiger partial charge in [0.05, 0.1) is 0 Å². The van der Waals surface area contributed by atoms with Crippen LogP contribution in [0.5, 0.6) is 0 Å². The first-order chi connectivity index (χ1) is 5.95. The summed E-state index contributed by atoms with van der Waals surface area (Å²) in [4.78, 5) is 11.3. The quantitative estimate of drug-likeness (QED) is 0.656. The third-order valence-electron chi connectivity index (χ3n) is 1.95. The zero-order chi connectivity index (χ0) is 10.3. The Labute approximate surface area is 82.1 Å². The Morgan fingerprint density at radius 1 is 1.31 bits per heavy atom. The normalized spacial score (nSPS) is 11.4. The maximum Gasteiger partial charge on any atom is 0.220 e. The standard InChI is InChI=1S/C11H23NO/c1-5-6-9-12-10(13)7-8-11(2,3)4/h5-9H2,1-4H3,(H,12,13). The van der Waals surface area contributed by atoms with Crippen molar-refractivity contribution in [2.24, 2.45) is 5.41 Å². The third kappa shape index (κ3) is 9.38. The van der Waals surface area contributed by atoms with Crippen LogP contribution in [-0.2, 0) is 4.79 Å². The van der Waals surface area contributed by atoms with Crippen molar-refractivity contribution in [1.29, 1.82) is 0 Å². The lowest BCUT2D eigenvalue weighted by Crippen LogP contribution is -2.25. The predicted molar refractivity (Wildman–Crippen MR) is 56.6 cm³/mol. The van der Waals surface area contributed by atoms with Gasteiger partial charge in [0.2, 0.25) is 5.91 Å². The molecule has 2 heteroatoms. The van der Waals surface area contributed by atoms with E-state index in [9.17, 15) is 4.79 Å². The summed E-state index contributed by atoms with van der Waals surface area (Å²) in [5.74, 6) is 0.198. The molecule has 0 spiro atoms. The molecule has 0 bridgehead atoms. The van der Waals surface area contributed by atoms with Crippen molar-refractivity contribution in [3.63, 3.8) is 0 Å². The van der Waals surface area contributed by atoms with Gasteiger partial charge in [0.1, 0.15) is 0 Å². The molecule has 78 valence electrons. The number of amides is 1. The van der Waals surface area contributed by atoms with Crippen LogP contribution >= 0.6 is 0 Å². The number of carbonyl (C=O) groups excluding carboxylic acids is 1. The Kier molecular flexibility index (Phi) is 5.76. The van der Waals surface area contributed by atoms with Gasteiger partial charge in [0, 0.05) is 13.0 Å². The minimum atomic E-state index is 0.198. The Morgan fingerprint density at radius 2 is 1.92 bits per heavy atom. The van der Waals surface area contributed by atoms with E-state index in [2.05, 4.69) is 33.0 Å². The van der Waals surface area contributed by atoms with E-state index in [1.165, 1.54) is 0 Å². The molecule has 0 heterocycles. The first-order valence-corrected chi connectivity index (χ1v) is 5.22. The Hall–Kier alpha value is -0.530. The molecule has 0 aliphatic heterocycles. The first kappa shape index (κ1) is 12.5. The number of carbonyl (C=O) groups is 1. The molecule has 0 saturated carbocycles. The Morgan fingerprint density at radius 3 is 2.38 bits per heavy atom. The summed E-state index contributed by atoms with van der Waals surface area (Å²) in [5.41, 5.74) is 0.266. The van der Waals surface area contributed by atoms with E-state index in [4.69, 9.17) is 0 Å². The number of hydrogen-bond donors (Lipinski definition) is 1. The Balaban J connectivity index is 3.41. The highest BCUT2D eigenvalue weighted by atomic mass is 16.1. The van der Waals surface area contributed by atoms with Gasteiger partial charge in [0.25, 0.3) is 0 Å². The van der Waals surface area contributed by atoms with Crippen LogP contribution in [0.2, 0.25) is 0 Å². The van der Waals surface area contributed by atoms with Crippen LogP contribution in [0.25, 0.3) is 0 Å². The molecule has 0 aliphatic rings. The van der Waals surface area contributed by atoms with Crippen LogP contribution in [0.4, 0.5) is 0 Å². The summed E-state index contributed by atoms with van der Waals surface area (Å²) >= 11 is 0. The molecule has 2 nitrogen and oxygen atoms in total. The molecule has 0 aromatic carbocycles. The molecule has 0 radical (unpaired) electrons. The van der Waals surface area contributed by atoms with Crippen molar-refractivity contribution in [3.8, 4) is 0 Å². The third-order valence-corrected chi connectivity index (χ3v) is 1.95. The topological polar surface area (TPSA) is 29.1 Å². The molecule has 0 aromatic rings. The van der Waals surface area contributed by atoms with Crippen molar-refractivity contribution in [3.05, 3.63) is 0 Å². The molecule has 0 saturated heterocycles. The lowest BCUT2D eigenvalue weighted by Gasteiger charge is -2.17. The second-order valence-electron chi connectivity index (χ2n) is 4.76. The van der Waals surface area contributed by atoms with Gasteiger partial charge in [-0.15, -0.1) is 0 Å². The SMILES string of the molecule is CCCCNC(=O)CCC(C)(C)C. The summed E-state index contributed by atoms with van der Waals surface area (Å²) in [6.45, 7) is 9.44. The summed E-state index contributed by atoms with van der Waals surface area (Å²) in [6.07, 6.45) is 3.85. The van der Waals surface area contributed by atoms with Crippen LogP contribution in [0.1, 0.15) is 53.4 Å². The van der Waals surface area contributed by atoms with Crippen LogP contribution in [-0.4, -0.2) is 12.5 Å². The fraction of sp³-hybridized carbons (Fsp3) is 0.909. The lowest BCUT2D eigenvalue weighted by atomic mass is 9.90. The zero-order valence-electron chi connectivity index (χ0n) is 9.44. The average Bonchev–Trinajstić information content (AvgIpc) is 2.00. The van der Waals surface area contributed by atoms with Crippen molar-refractivity contribution in [1.82, 2.24) is 5.32 Å². The van der Waals surface area contributed by atoms with E-state index in [1.807, 2.05) is 0 Å².